The Kier molecular flexibility index (Phi) is 3.73. The van der Waals surface area contributed by atoms with Crippen LogP contribution in [-0.4, -0.2) is 25.4 Å². The van der Waals surface area contributed by atoms with E-state index in [0.29, 0.717) is 27.9 Å². The van der Waals surface area contributed by atoms with E-state index < -0.39 is 6.29 Å². The van der Waals surface area contributed by atoms with E-state index in [9.17, 15) is 5.11 Å². The summed E-state index contributed by atoms with van der Waals surface area (Å²) in [5.74, 6) is 0.431. The minimum absolute atomic E-state index is 0.0520. The third-order valence-electron chi connectivity index (χ3n) is 2.27. The van der Waals surface area contributed by atoms with Crippen molar-refractivity contribution in [1.29, 1.82) is 0 Å². The van der Waals surface area contributed by atoms with Crippen molar-refractivity contribution in [1.82, 2.24) is 0 Å². The average molecular weight is 354 g/mol. The zero-order valence-corrected chi connectivity index (χ0v) is 11.7. The Morgan fingerprint density at radius 1 is 1.31 bits per heavy atom. The van der Waals surface area contributed by atoms with Crippen molar-refractivity contribution in [3.05, 3.63) is 20.6 Å². The van der Waals surface area contributed by atoms with E-state index in [2.05, 4.69) is 31.9 Å². The first-order valence-corrected chi connectivity index (χ1v) is 6.21. The molecule has 0 aliphatic carbocycles. The molecule has 0 bridgehead atoms. The molecule has 1 aromatic rings. The van der Waals surface area contributed by atoms with Gasteiger partial charge in [0.05, 0.1) is 24.8 Å². The number of hydrogen-bond acceptors (Lipinski definition) is 4. The molecule has 1 fully saturated rings. The fourth-order valence-electron chi connectivity index (χ4n) is 1.48. The largest absolute Gasteiger partial charge is 0.503 e. The maximum Gasteiger partial charge on any atom is 0.185 e. The third kappa shape index (κ3) is 2.07. The molecule has 1 aromatic carbocycles. The second-order valence-corrected chi connectivity index (χ2v) is 4.80. The highest BCUT2D eigenvalue weighted by Gasteiger charge is 2.25. The number of ether oxygens (including phenoxy) is 3. The molecular weight excluding hydrogens is 344 g/mol. The number of benzene rings is 1. The molecule has 16 heavy (non-hydrogen) atoms. The van der Waals surface area contributed by atoms with Gasteiger partial charge >= 0.3 is 0 Å². The van der Waals surface area contributed by atoms with Gasteiger partial charge < -0.3 is 19.3 Å². The molecule has 6 heteroatoms. The van der Waals surface area contributed by atoms with E-state index in [1.165, 1.54) is 7.11 Å². The lowest BCUT2D eigenvalue weighted by molar-refractivity contribution is -0.0448. The van der Waals surface area contributed by atoms with E-state index in [1.54, 1.807) is 6.07 Å². The van der Waals surface area contributed by atoms with Crippen LogP contribution in [0.1, 0.15) is 11.9 Å². The lowest BCUT2D eigenvalue weighted by Crippen LogP contribution is -2.01. The van der Waals surface area contributed by atoms with Crippen molar-refractivity contribution in [3.8, 4) is 11.5 Å². The van der Waals surface area contributed by atoms with E-state index >= 15 is 0 Å². The Balaban J connectivity index is 2.48. The van der Waals surface area contributed by atoms with Crippen molar-refractivity contribution in [2.24, 2.45) is 0 Å². The van der Waals surface area contributed by atoms with Crippen LogP contribution in [0.5, 0.6) is 11.5 Å². The van der Waals surface area contributed by atoms with Crippen LogP contribution in [0.15, 0.2) is 15.0 Å². The zero-order valence-electron chi connectivity index (χ0n) is 8.50. The maximum atomic E-state index is 9.76. The predicted molar refractivity (Wildman–Crippen MR) is 64.7 cm³/mol. The highest BCUT2D eigenvalue weighted by atomic mass is 79.9. The normalized spacial score (nSPS) is 16.7. The van der Waals surface area contributed by atoms with Crippen molar-refractivity contribution >= 4 is 31.9 Å². The molecule has 1 aliphatic rings. The van der Waals surface area contributed by atoms with Gasteiger partial charge in [-0.25, -0.2) is 0 Å². The molecule has 88 valence electrons. The molecule has 1 heterocycles. The lowest BCUT2D eigenvalue weighted by Gasteiger charge is -2.15. The summed E-state index contributed by atoms with van der Waals surface area (Å²) < 4.78 is 17.1. The lowest BCUT2D eigenvalue weighted by atomic mass is 10.2. The maximum absolute atomic E-state index is 9.76. The van der Waals surface area contributed by atoms with Crippen molar-refractivity contribution in [2.75, 3.05) is 20.3 Å². The van der Waals surface area contributed by atoms with Gasteiger partial charge in [-0.3, -0.25) is 0 Å². The Bertz CT molecular complexity index is 402. The average Bonchev–Trinajstić information content (AvgIpc) is 2.80. The van der Waals surface area contributed by atoms with Gasteiger partial charge in [0.25, 0.3) is 0 Å². The van der Waals surface area contributed by atoms with Crippen molar-refractivity contribution in [3.63, 3.8) is 0 Å². The summed E-state index contributed by atoms with van der Waals surface area (Å²) >= 11 is 6.66. The van der Waals surface area contributed by atoms with Crippen LogP contribution in [0.3, 0.4) is 0 Å². The first-order chi connectivity index (χ1) is 7.65. The molecule has 0 amide bonds. The second-order valence-electron chi connectivity index (χ2n) is 3.22. The van der Waals surface area contributed by atoms with Gasteiger partial charge in [-0.15, -0.1) is 0 Å². The molecule has 0 aromatic heterocycles. The number of aromatic hydroxyl groups is 1. The molecule has 0 spiro atoms. The number of halogens is 2. The number of phenols is 1. The fourth-order valence-corrected chi connectivity index (χ4v) is 2.39. The molecule has 2 rings (SSSR count). The van der Waals surface area contributed by atoms with Gasteiger partial charge in [0.1, 0.15) is 0 Å². The van der Waals surface area contributed by atoms with Crippen LogP contribution in [0.4, 0.5) is 0 Å². The Morgan fingerprint density at radius 3 is 2.50 bits per heavy atom. The molecule has 1 aliphatic heterocycles. The summed E-state index contributed by atoms with van der Waals surface area (Å²) in [7, 11) is 1.50. The highest BCUT2D eigenvalue weighted by molar-refractivity contribution is 9.13. The highest BCUT2D eigenvalue weighted by Crippen LogP contribution is 2.44. The minimum atomic E-state index is -0.417. The summed E-state index contributed by atoms with van der Waals surface area (Å²) in [4.78, 5) is 0. The summed E-state index contributed by atoms with van der Waals surface area (Å²) in [6.07, 6.45) is -0.417. The molecule has 0 unspecified atom stereocenters. The first-order valence-electron chi connectivity index (χ1n) is 4.63. The van der Waals surface area contributed by atoms with Gasteiger partial charge in [0.2, 0.25) is 0 Å². The molecule has 1 saturated heterocycles. The molecule has 4 nitrogen and oxygen atoms in total. The van der Waals surface area contributed by atoms with Crippen LogP contribution < -0.4 is 4.74 Å². The van der Waals surface area contributed by atoms with Gasteiger partial charge in [-0.2, -0.15) is 0 Å². The van der Waals surface area contributed by atoms with E-state index in [4.69, 9.17) is 14.2 Å². The second kappa shape index (κ2) is 4.91. The summed E-state index contributed by atoms with van der Waals surface area (Å²) in [6, 6.07) is 1.69. The zero-order chi connectivity index (χ0) is 11.7. The van der Waals surface area contributed by atoms with Gasteiger partial charge in [-0.05, 0) is 37.9 Å². The van der Waals surface area contributed by atoms with Crippen LogP contribution >= 0.6 is 31.9 Å². The van der Waals surface area contributed by atoms with Gasteiger partial charge in [-0.1, -0.05) is 0 Å². The van der Waals surface area contributed by atoms with Crippen LogP contribution in [-0.2, 0) is 9.47 Å². The van der Waals surface area contributed by atoms with Gasteiger partial charge in [0, 0.05) is 10.0 Å². The number of phenolic OH excluding ortho intramolecular Hbond substituents is 1. The standard InChI is InChI=1S/C10H10Br2O4/c1-14-6-4-5(10-15-2-3-16-10)7(11)8(12)9(6)13/h4,10,13H,2-3H2,1H3. The van der Waals surface area contributed by atoms with Crippen molar-refractivity contribution < 1.29 is 19.3 Å². The monoisotopic (exact) mass is 352 g/mol. The SMILES string of the molecule is COc1cc(C2OCCO2)c(Br)c(Br)c1O. The fraction of sp³-hybridized carbons (Fsp3) is 0.400. The van der Waals surface area contributed by atoms with Crippen LogP contribution in [0.25, 0.3) is 0 Å². The van der Waals surface area contributed by atoms with Gasteiger partial charge in [0.15, 0.2) is 17.8 Å². The molecular formula is C10H10Br2O4. The molecule has 0 saturated carbocycles. The van der Waals surface area contributed by atoms with Crippen molar-refractivity contribution in [2.45, 2.75) is 6.29 Å². The van der Waals surface area contributed by atoms with E-state index in [1.807, 2.05) is 0 Å². The molecule has 1 N–H and O–H groups in total. The molecule has 0 atom stereocenters. The van der Waals surface area contributed by atoms with Crippen LogP contribution in [0.2, 0.25) is 0 Å². The quantitative estimate of drug-likeness (QED) is 0.887. The molecule has 0 radical (unpaired) electrons. The smallest absolute Gasteiger partial charge is 0.185 e. The van der Waals surface area contributed by atoms with Crippen LogP contribution in [0, 0.1) is 0 Å². The minimum Gasteiger partial charge on any atom is -0.503 e. The Labute approximate surface area is 110 Å². The number of rotatable bonds is 2. The summed E-state index contributed by atoms with van der Waals surface area (Å²) in [5, 5.41) is 9.76. The summed E-state index contributed by atoms with van der Waals surface area (Å²) in [5.41, 5.74) is 0.791. The first kappa shape index (κ1) is 12.2. The number of methoxy groups -OCH3 is 1. The predicted octanol–water partition coefficient (Wildman–Crippen LogP) is 2.97. The third-order valence-corrected chi connectivity index (χ3v) is 4.43. The number of hydrogen-bond donors (Lipinski definition) is 1. The topological polar surface area (TPSA) is 47.9 Å². The van der Waals surface area contributed by atoms with E-state index in [0.717, 1.165) is 5.56 Å². The Morgan fingerprint density at radius 2 is 1.94 bits per heavy atom. The van der Waals surface area contributed by atoms with E-state index in [-0.39, 0.29) is 5.75 Å². The Hall–Kier alpha value is -0.300. The summed E-state index contributed by atoms with van der Waals surface area (Å²) in [6.45, 7) is 1.13.